The van der Waals surface area contributed by atoms with Crippen molar-refractivity contribution in [2.75, 3.05) is 42.9 Å². The topological polar surface area (TPSA) is 95.8 Å². The number of hydrogen-bond acceptors (Lipinski definition) is 6. The summed E-state index contributed by atoms with van der Waals surface area (Å²) in [4.78, 5) is 40.2. The van der Waals surface area contributed by atoms with E-state index < -0.39 is 4.92 Å². The van der Waals surface area contributed by atoms with E-state index in [-0.39, 0.29) is 23.9 Å². The summed E-state index contributed by atoms with van der Waals surface area (Å²) >= 11 is 0. The van der Waals surface area contributed by atoms with Crippen molar-refractivity contribution in [2.24, 2.45) is 0 Å². The molecule has 168 valence electrons. The number of piperazine rings is 1. The molecule has 0 atom stereocenters. The smallest absolute Gasteiger partial charge is 0.269 e. The number of non-ortho nitro benzene ring substituents is 1. The molecule has 1 aliphatic rings. The van der Waals surface area contributed by atoms with E-state index in [1.54, 1.807) is 48.5 Å². The van der Waals surface area contributed by atoms with E-state index in [1.807, 2.05) is 18.2 Å². The number of hydrogen-bond donors (Lipinski definition) is 1. The Kier molecular flexibility index (Phi) is 6.75. The van der Waals surface area contributed by atoms with Crippen molar-refractivity contribution in [3.63, 3.8) is 0 Å². The van der Waals surface area contributed by atoms with Crippen LogP contribution >= 0.6 is 0 Å². The van der Waals surface area contributed by atoms with E-state index in [9.17, 15) is 19.7 Å². The third-order valence-corrected chi connectivity index (χ3v) is 5.65. The van der Waals surface area contributed by atoms with Crippen LogP contribution < -0.4 is 10.2 Å². The van der Waals surface area contributed by atoms with Gasteiger partial charge in [-0.05, 0) is 24.3 Å². The number of amides is 1. The number of nitro benzene ring substituents is 1. The number of nitro groups is 1. The third-order valence-electron chi connectivity index (χ3n) is 5.65. The largest absolute Gasteiger partial charge is 0.369 e. The normalized spacial score (nSPS) is 14.0. The molecule has 3 aromatic rings. The van der Waals surface area contributed by atoms with Crippen molar-refractivity contribution in [3.05, 3.63) is 100 Å². The molecule has 1 aliphatic heterocycles. The summed E-state index contributed by atoms with van der Waals surface area (Å²) in [6, 6.07) is 22.5. The van der Waals surface area contributed by atoms with Crippen LogP contribution in [0.2, 0.25) is 0 Å². The fourth-order valence-corrected chi connectivity index (χ4v) is 3.88. The summed E-state index contributed by atoms with van der Waals surface area (Å²) in [5.41, 5.74) is 2.53. The van der Waals surface area contributed by atoms with Gasteiger partial charge in [-0.1, -0.05) is 42.5 Å². The van der Waals surface area contributed by atoms with Gasteiger partial charge in [-0.3, -0.25) is 24.6 Å². The van der Waals surface area contributed by atoms with Gasteiger partial charge in [0.25, 0.3) is 5.69 Å². The molecule has 0 spiro atoms. The van der Waals surface area contributed by atoms with Crippen LogP contribution in [0.25, 0.3) is 0 Å². The molecule has 0 bridgehead atoms. The Bertz CT molecular complexity index is 1140. The SMILES string of the molecule is O=C(CN1CCN(c2ccc([N+](=O)[O-])cc2)CC1)Nc1ccccc1C(=O)c1ccccc1. The maximum absolute atomic E-state index is 12.9. The van der Waals surface area contributed by atoms with Crippen LogP contribution in [-0.2, 0) is 4.79 Å². The van der Waals surface area contributed by atoms with Crippen molar-refractivity contribution in [1.29, 1.82) is 0 Å². The van der Waals surface area contributed by atoms with Crippen LogP contribution in [0.4, 0.5) is 17.1 Å². The third kappa shape index (κ3) is 5.42. The van der Waals surface area contributed by atoms with Gasteiger partial charge in [-0.2, -0.15) is 0 Å². The lowest BCUT2D eigenvalue weighted by atomic mass is 10.0. The first-order chi connectivity index (χ1) is 16.0. The Balaban J connectivity index is 1.33. The first kappa shape index (κ1) is 22.2. The van der Waals surface area contributed by atoms with Crippen molar-refractivity contribution in [2.45, 2.75) is 0 Å². The summed E-state index contributed by atoms with van der Waals surface area (Å²) in [7, 11) is 0. The molecule has 1 amide bonds. The number of carbonyl (C=O) groups is 2. The molecule has 0 aliphatic carbocycles. The molecule has 8 nitrogen and oxygen atoms in total. The molecule has 8 heteroatoms. The number of nitrogens with one attached hydrogen (secondary N) is 1. The lowest BCUT2D eigenvalue weighted by Crippen LogP contribution is -2.48. The Hall–Kier alpha value is -4.04. The van der Waals surface area contributed by atoms with Crippen molar-refractivity contribution in [1.82, 2.24) is 4.90 Å². The zero-order chi connectivity index (χ0) is 23.2. The molecule has 1 heterocycles. The van der Waals surface area contributed by atoms with E-state index in [1.165, 1.54) is 12.1 Å². The molecule has 0 saturated carbocycles. The van der Waals surface area contributed by atoms with Crippen molar-refractivity contribution < 1.29 is 14.5 Å². The fourth-order valence-electron chi connectivity index (χ4n) is 3.88. The molecule has 3 aromatic carbocycles. The second-order valence-corrected chi connectivity index (χ2v) is 7.83. The highest BCUT2D eigenvalue weighted by atomic mass is 16.6. The average molecular weight is 444 g/mol. The van der Waals surface area contributed by atoms with Gasteiger partial charge in [0.15, 0.2) is 5.78 Å². The molecule has 33 heavy (non-hydrogen) atoms. The minimum atomic E-state index is -0.411. The Morgan fingerprint density at radius 2 is 1.48 bits per heavy atom. The zero-order valence-corrected chi connectivity index (χ0v) is 18.0. The summed E-state index contributed by atoms with van der Waals surface area (Å²) in [6.45, 7) is 3.04. The number of para-hydroxylation sites is 1. The van der Waals surface area contributed by atoms with E-state index >= 15 is 0 Å². The predicted molar refractivity (Wildman–Crippen MR) is 127 cm³/mol. The van der Waals surface area contributed by atoms with Crippen molar-refractivity contribution >= 4 is 28.8 Å². The van der Waals surface area contributed by atoms with Gasteiger partial charge in [0.05, 0.1) is 17.2 Å². The van der Waals surface area contributed by atoms with E-state index in [0.717, 1.165) is 5.69 Å². The van der Waals surface area contributed by atoms with Crippen molar-refractivity contribution in [3.8, 4) is 0 Å². The van der Waals surface area contributed by atoms with Crippen LogP contribution in [0.5, 0.6) is 0 Å². The van der Waals surface area contributed by atoms with Gasteiger partial charge in [-0.15, -0.1) is 0 Å². The molecule has 0 unspecified atom stereocenters. The Morgan fingerprint density at radius 3 is 2.15 bits per heavy atom. The average Bonchev–Trinajstić information content (AvgIpc) is 2.85. The van der Waals surface area contributed by atoms with Gasteiger partial charge in [0.2, 0.25) is 5.91 Å². The number of carbonyl (C=O) groups excluding carboxylic acids is 2. The number of anilines is 2. The first-order valence-electron chi connectivity index (χ1n) is 10.7. The van der Waals surface area contributed by atoms with E-state index in [2.05, 4.69) is 15.1 Å². The number of nitrogens with zero attached hydrogens (tertiary/aromatic N) is 3. The number of rotatable bonds is 7. The molecule has 1 N–H and O–H groups in total. The highest BCUT2D eigenvalue weighted by Gasteiger charge is 2.21. The summed E-state index contributed by atoms with van der Waals surface area (Å²) in [5.74, 6) is -0.310. The van der Waals surface area contributed by atoms with Gasteiger partial charge < -0.3 is 10.2 Å². The highest BCUT2D eigenvalue weighted by Crippen LogP contribution is 2.21. The van der Waals surface area contributed by atoms with Gasteiger partial charge in [0, 0.05) is 55.1 Å². The van der Waals surface area contributed by atoms with Crippen LogP contribution in [0.3, 0.4) is 0 Å². The van der Waals surface area contributed by atoms with Gasteiger partial charge >= 0.3 is 0 Å². The maximum Gasteiger partial charge on any atom is 0.269 e. The molecular formula is C25H24N4O4. The molecular weight excluding hydrogens is 420 g/mol. The Labute approximate surface area is 191 Å². The molecule has 1 fully saturated rings. The quantitative estimate of drug-likeness (QED) is 0.340. The molecule has 4 rings (SSSR count). The van der Waals surface area contributed by atoms with E-state index in [4.69, 9.17) is 0 Å². The minimum Gasteiger partial charge on any atom is -0.369 e. The lowest BCUT2D eigenvalue weighted by Gasteiger charge is -2.35. The summed E-state index contributed by atoms with van der Waals surface area (Å²) < 4.78 is 0. The zero-order valence-electron chi connectivity index (χ0n) is 18.0. The Morgan fingerprint density at radius 1 is 0.848 bits per heavy atom. The first-order valence-corrected chi connectivity index (χ1v) is 10.7. The van der Waals surface area contributed by atoms with Crippen LogP contribution in [0.15, 0.2) is 78.9 Å². The second-order valence-electron chi connectivity index (χ2n) is 7.83. The molecule has 1 saturated heterocycles. The predicted octanol–water partition coefficient (Wildman–Crippen LogP) is 3.59. The summed E-state index contributed by atoms with van der Waals surface area (Å²) in [6.07, 6.45) is 0. The second kappa shape index (κ2) is 10.1. The van der Waals surface area contributed by atoms with Gasteiger partial charge in [0.1, 0.15) is 0 Å². The van der Waals surface area contributed by atoms with E-state index in [0.29, 0.717) is 43.0 Å². The lowest BCUT2D eigenvalue weighted by molar-refractivity contribution is -0.384. The summed E-state index contributed by atoms with van der Waals surface area (Å²) in [5, 5.41) is 13.7. The minimum absolute atomic E-state index is 0.0695. The maximum atomic E-state index is 12.9. The molecule has 0 aromatic heterocycles. The number of ketones is 1. The standard InChI is InChI=1S/C25H24N4O4/c30-24(26-23-9-5-4-8-22(23)25(31)19-6-2-1-3-7-19)18-27-14-16-28(17-15-27)20-10-12-21(13-11-20)29(32)33/h1-13H,14-18H2,(H,26,30). The number of benzene rings is 3. The van der Waals surface area contributed by atoms with Crippen LogP contribution in [0, 0.1) is 10.1 Å². The van der Waals surface area contributed by atoms with Crippen LogP contribution in [0.1, 0.15) is 15.9 Å². The van der Waals surface area contributed by atoms with Crippen LogP contribution in [-0.4, -0.2) is 54.2 Å². The fraction of sp³-hybridized carbons (Fsp3) is 0.200. The van der Waals surface area contributed by atoms with Gasteiger partial charge in [-0.25, -0.2) is 0 Å². The monoisotopic (exact) mass is 444 g/mol. The highest BCUT2D eigenvalue weighted by molar-refractivity contribution is 6.13. The molecule has 0 radical (unpaired) electrons.